The van der Waals surface area contributed by atoms with E-state index in [2.05, 4.69) is 17.5 Å². The summed E-state index contributed by atoms with van der Waals surface area (Å²) >= 11 is 1.85. The number of hydrogen-bond donors (Lipinski definition) is 1. The van der Waals surface area contributed by atoms with Gasteiger partial charge in [-0.05, 0) is 49.1 Å². The molecule has 1 aliphatic heterocycles. The van der Waals surface area contributed by atoms with Gasteiger partial charge in [-0.2, -0.15) is 0 Å². The first kappa shape index (κ1) is 11.1. The smallest absolute Gasteiger partial charge is 0.0471 e. The van der Waals surface area contributed by atoms with Crippen molar-refractivity contribution in [2.45, 2.75) is 25.7 Å². The Morgan fingerprint density at radius 2 is 2.20 bits per heavy atom. The molecule has 0 atom stereocenters. The minimum Gasteiger partial charge on any atom is -0.381 e. The first-order valence-corrected chi connectivity index (χ1v) is 6.53. The summed E-state index contributed by atoms with van der Waals surface area (Å²) in [4.78, 5) is 1.48. The maximum Gasteiger partial charge on any atom is 0.0471 e. The molecule has 2 N–H and O–H groups in total. The minimum atomic E-state index is 0.349. The second kappa shape index (κ2) is 5.10. The van der Waals surface area contributed by atoms with Crippen molar-refractivity contribution >= 4 is 11.3 Å². The van der Waals surface area contributed by atoms with E-state index in [1.165, 1.54) is 17.7 Å². The average molecular weight is 225 g/mol. The van der Waals surface area contributed by atoms with Crippen LogP contribution in [-0.4, -0.2) is 19.8 Å². The molecule has 1 fully saturated rings. The van der Waals surface area contributed by atoms with Gasteiger partial charge in [0, 0.05) is 18.1 Å². The second-order valence-electron chi connectivity index (χ2n) is 4.40. The van der Waals surface area contributed by atoms with Crippen LogP contribution in [0.15, 0.2) is 17.5 Å². The van der Waals surface area contributed by atoms with Crippen molar-refractivity contribution in [1.29, 1.82) is 0 Å². The summed E-state index contributed by atoms with van der Waals surface area (Å²) in [6.07, 6.45) is 4.66. The maximum absolute atomic E-state index is 5.93. The van der Waals surface area contributed by atoms with Crippen LogP contribution >= 0.6 is 11.3 Å². The molecule has 2 rings (SSSR count). The Kier molecular flexibility index (Phi) is 3.78. The molecule has 0 aromatic carbocycles. The lowest BCUT2D eigenvalue weighted by atomic mass is 9.76. The molecule has 84 valence electrons. The molecule has 0 aliphatic carbocycles. The molecule has 2 heterocycles. The quantitative estimate of drug-likeness (QED) is 0.854. The molecule has 1 aliphatic rings. The molecular formula is C12H19NOS. The highest BCUT2D eigenvalue weighted by Crippen LogP contribution is 2.34. The maximum atomic E-state index is 5.93. The van der Waals surface area contributed by atoms with Gasteiger partial charge in [0.2, 0.25) is 0 Å². The molecule has 0 bridgehead atoms. The lowest BCUT2D eigenvalue weighted by Gasteiger charge is -2.36. The molecule has 15 heavy (non-hydrogen) atoms. The van der Waals surface area contributed by atoms with Crippen LogP contribution in [-0.2, 0) is 11.2 Å². The Bertz CT molecular complexity index is 278. The van der Waals surface area contributed by atoms with Gasteiger partial charge in [0.25, 0.3) is 0 Å². The molecule has 0 amide bonds. The van der Waals surface area contributed by atoms with Gasteiger partial charge in [-0.3, -0.25) is 0 Å². The van der Waals surface area contributed by atoms with E-state index >= 15 is 0 Å². The lowest BCUT2D eigenvalue weighted by molar-refractivity contribution is 0.0150. The number of thiophene rings is 1. The van der Waals surface area contributed by atoms with Crippen LogP contribution in [0, 0.1) is 5.41 Å². The largest absolute Gasteiger partial charge is 0.381 e. The van der Waals surface area contributed by atoms with Crippen molar-refractivity contribution in [2.24, 2.45) is 11.1 Å². The molecule has 0 radical (unpaired) electrons. The van der Waals surface area contributed by atoms with Crippen molar-refractivity contribution in [2.75, 3.05) is 19.8 Å². The molecule has 1 aromatic rings. The van der Waals surface area contributed by atoms with E-state index in [1.54, 1.807) is 0 Å². The summed E-state index contributed by atoms with van der Waals surface area (Å²) < 4.78 is 5.41. The first-order chi connectivity index (χ1) is 7.35. The third kappa shape index (κ3) is 2.80. The lowest BCUT2D eigenvalue weighted by Crippen LogP contribution is -2.37. The SMILES string of the molecule is NCC1(CCc2cccs2)CCOCC1. The fraction of sp³-hybridized carbons (Fsp3) is 0.667. The van der Waals surface area contributed by atoms with E-state index in [0.29, 0.717) is 5.41 Å². The van der Waals surface area contributed by atoms with Gasteiger partial charge in [0.1, 0.15) is 0 Å². The predicted molar refractivity (Wildman–Crippen MR) is 64.2 cm³/mol. The van der Waals surface area contributed by atoms with E-state index < -0.39 is 0 Å². The van der Waals surface area contributed by atoms with Gasteiger partial charge in [-0.1, -0.05) is 6.07 Å². The highest BCUT2D eigenvalue weighted by atomic mass is 32.1. The summed E-state index contributed by atoms with van der Waals surface area (Å²) in [7, 11) is 0. The van der Waals surface area contributed by atoms with E-state index in [1.807, 2.05) is 11.3 Å². The Hall–Kier alpha value is -0.380. The highest BCUT2D eigenvalue weighted by molar-refractivity contribution is 7.09. The molecule has 0 unspecified atom stereocenters. The van der Waals surface area contributed by atoms with Crippen molar-refractivity contribution in [3.63, 3.8) is 0 Å². The van der Waals surface area contributed by atoms with Crippen LogP contribution in [0.1, 0.15) is 24.1 Å². The average Bonchev–Trinajstić information content (AvgIpc) is 2.81. The first-order valence-electron chi connectivity index (χ1n) is 5.65. The third-order valence-corrected chi connectivity index (χ3v) is 4.40. The van der Waals surface area contributed by atoms with E-state index in [4.69, 9.17) is 10.5 Å². The Labute approximate surface area is 95.4 Å². The number of aryl methyl sites for hydroxylation is 1. The zero-order valence-corrected chi connectivity index (χ0v) is 9.89. The van der Waals surface area contributed by atoms with Crippen LogP contribution in [0.4, 0.5) is 0 Å². The number of hydrogen-bond acceptors (Lipinski definition) is 3. The predicted octanol–water partition coefficient (Wildman–Crippen LogP) is 2.44. The second-order valence-corrected chi connectivity index (χ2v) is 5.43. The summed E-state index contributed by atoms with van der Waals surface area (Å²) in [5.41, 5.74) is 6.27. The number of nitrogens with two attached hydrogens (primary N) is 1. The Balaban J connectivity index is 1.89. The van der Waals surface area contributed by atoms with Crippen LogP contribution in [0.3, 0.4) is 0 Å². The van der Waals surface area contributed by atoms with Crippen molar-refractivity contribution in [3.05, 3.63) is 22.4 Å². The zero-order chi connectivity index (χ0) is 10.6. The van der Waals surface area contributed by atoms with Gasteiger partial charge in [-0.25, -0.2) is 0 Å². The molecule has 0 spiro atoms. The third-order valence-electron chi connectivity index (χ3n) is 3.47. The topological polar surface area (TPSA) is 35.2 Å². The fourth-order valence-corrected chi connectivity index (χ4v) is 2.91. The van der Waals surface area contributed by atoms with Crippen LogP contribution in [0.25, 0.3) is 0 Å². The molecule has 2 nitrogen and oxygen atoms in total. The van der Waals surface area contributed by atoms with Crippen molar-refractivity contribution < 1.29 is 4.74 Å². The monoisotopic (exact) mass is 225 g/mol. The molecule has 0 saturated carbocycles. The summed E-state index contributed by atoms with van der Waals surface area (Å²) in [6.45, 7) is 2.59. The van der Waals surface area contributed by atoms with Gasteiger partial charge in [0.15, 0.2) is 0 Å². The molecular weight excluding hydrogens is 206 g/mol. The Morgan fingerprint density at radius 3 is 2.80 bits per heavy atom. The van der Waals surface area contributed by atoms with E-state index in [-0.39, 0.29) is 0 Å². The molecule has 1 saturated heterocycles. The summed E-state index contributed by atoms with van der Waals surface area (Å²) in [5, 5.41) is 2.15. The molecule has 1 aromatic heterocycles. The van der Waals surface area contributed by atoms with Gasteiger partial charge in [-0.15, -0.1) is 11.3 Å². The number of rotatable bonds is 4. The normalized spacial score (nSPS) is 20.3. The Morgan fingerprint density at radius 1 is 1.40 bits per heavy atom. The van der Waals surface area contributed by atoms with Gasteiger partial charge >= 0.3 is 0 Å². The zero-order valence-electron chi connectivity index (χ0n) is 9.08. The van der Waals surface area contributed by atoms with E-state index in [0.717, 1.165) is 32.6 Å². The van der Waals surface area contributed by atoms with Crippen LogP contribution in [0.2, 0.25) is 0 Å². The summed E-state index contributed by atoms with van der Waals surface area (Å²) in [5.74, 6) is 0. The molecule has 3 heteroatoms. The standard InChI is InChI=1S/C12H19NOS/c13-10-12(5-7-14-8-6-12)4-3-11-2-1-9-15-11/h1-2,9H,3-8,10,13H2. The van der Waals surface area contributed by atoms with Gasteiger partial charge < -0.3 is 10.5 Å². The van der Waals surface area contributed by atoms with Crippen LogP contribution < -0.4 is 5.73 Å². The highest BCUT2D eigenvalue weighted by Gasteiger charge is 2.30. The fourth-order valence-electron chi connectivity index (χ4n) is 2.20. The van der Waals surface area contributed by atoms with Crippen molar-refractivity contribution in [3.8, 4) is 0 Å². The van der Waals surface area contributed by atoms with Crippen molar-refractivity contribution in [1.82, 2.24) is 0 Å². The summed E-state index contributed by atoms with van der Waals surface area (Å²) in [6, 6.07) is 4.34. The van der Waals surface area contributed by atoms with Gasteiger partial charge in [0.05, 0.1) is 0 Å². The number of ether oxygens (including phenoxy) is 1. The van der Waals surface area contributed by atoms with Crippen LogP contribution in [0.5, 0.6) is 0 Å². The van der Waals surface area contributed by atoms with E-state index in [9.17, 15) is 0 Å². The minimum absolute atomic E-state index is 0.349.